The number of aryl methyl sites for hydroxylation is 1. The van der Waals surface area contributed by atoms with Gasteiger partial charge < -0.3 is 0 Å². The highest BCUT2D eigenvalue weighted by Crippen LogP contribution is 2.18. The van der Waals surface area contributed by atoms with Crippen molar-refractivity contribution >= 4 is 11.4 Å². The molecule has 3 aromatic rings. The van der Waals surface area contributed by atoms with E-state index in [9.17, 15) is 4.79 Å². The Morgan fingerprint density at radius 2 is 1.71 bits per heavy atom. The lowest BCUT2D eigenvalue weighted by Gasteiger charge is -2.04. The van der Waals surface area contributed by atoms with E-state index in [0.29, 0.717) is 11.3 Å². The molecule has 0 amide bonds. The number of hydrogen-bond acceptors (Lipinski definition) is 3. The second kappa shape index (κ2) is 7.01. The number of rotatable bonds is 4. The van der Waals surface area contributed by atoms with E-state index in [1.54, 1.807) is 30.6 Å². The third-order valence-electron chi connectivity index (χ3n) is 3.79. The van der Waals surface area contributed by atoms with Gasteiger partial charge in [-0.2, -0.15) is 0 Å². The fraction of sp³-hybridized carbons (Fsp3) is 0.0952. The molecule has 3 heteroatoms. The molecular formula is C21H18N2O. The van der Waals surface area contributed by atoms with E-state index in [0.717, 1.165) is 16.8 Å². The molecule has 0 saturated heterocycles. The number of aromatic nitrogens is 2. The van der Waals surface area contributed by atoms with Crippen molar-refractivity contribution in [3.63, 3.8) is 0 Å². The van der Waals surface area contributed by atoms with Crippen molar-refractivity contribution < 1.29 is 4.79 Å². The molecule has 0 unspecified atom stereocenters. The van der Waals surface area contributed by atoms with E-state index in [1.165, 1.54) is 5.56 Å². The van der Waals surface area contributed by atoms with Crippen molar-refractivity contribution in [2.24, 2.45) is 0 Å². The fourth-order valence-corrected chi connectivity index (χ4v) is 2.49. The second-order valence-corrected chi connectivity index (χ2v) is 5.71. The Balaban J connectivity index is 1.89. The van der Waals surface area contributed by atoms with Crippen LogP contribution in [0.15, 0.2) is 73.1 Å². The van der Waals surface area contributed by atoms with Crippen molar-refractivity contribution in [2.45, 2.75) is 13.8 Å². The highest BCUT2D eigenvalue weighted by Gasteiger charge is 2.08. The van der Waals surface area contributed by atoms with Gasteiger partial charge in [-0.15, -0.1) is 0 Å². The summed E-state index contributed by atoms with van der Waals surface area (Å²) < 4.78 is 0. The summed E-state index contributed by atoms with van der Waals surface area (Å²) in [5, 5.41) is 0. The molecule has 0 N–H and O–H groups in total. The minimum Gasteiger partial charge on any atom is -0.289 e. The maximum atomic E-state index is 12.6. The van der Waals surface area contributed by atoms with Crippen LogP contribution in [0.25, 0.3) is 17.0 Å². The predicted octanol–water partition coefficient (Wildman–Crippen LogP) is 4.74. The molecule has 3 rings (SSSR count). The molecule has 0 aliphatic heterocycles. The SMILES string of the molecule is C/C(=C/C(=O)c1ccnc(-c2ccccn2)c1)c1cccc(C)c1. The first kappa shape index (κ1) is 15.8. The molecule has 0 bridgehead atoms. The van der Waals surface area contributed by atoms with Crippen molar-refractivity contribution in [1.29, 1.82) is 0 Å². The average molecular weight is 314 g/mol. The maximum absolute atomic E-state index is 12.6. The Bertz CT molecular complexity index is 898. The van der Waals surface area contributed by atoms with Crippen LogP contribution in [0.2, 0.25) is 0 Å². The van der Waals surface area contributed by atoms with Crippen LogP contribution in [0.5, 0.6) is 0 Å². The average Bonchev–Trinajstić information content (AvgIpc) is 2.62. The van der Waals surface area contributed by atoms with Crippen LogP contribution in [0, 0.1) is 6.92 Å². The van der Waals surface area contributed by atoms with Gasteiger partial charge in [-0.3, -0.25) is 14.8 Å². The third kappa shape index (κ3) is 3.63. The van der Waals surface area contributed by atoms with Gasteiger partial charge in [0.1, 0.15) is 0 Å². The van der Waals surface area contributed by atoms with Crippen LogP contribution in [-0.2, 0) is 0 Å². The van der Waals surface area contributed by atoms with Crippen molar-refractivity contribution in [2.75, 3.05) is 0 Å². The monoisotopic (exact) mass is 314 g/mol. The summed E-state index contributed by atoms with van der Waals surface area (Å²) in [5.41, 5.74) is 5.24. The third-order valence-corrected chi connectivity index (χ3v) is 3.79. The zero-order valence-corrected chi connectivity index (χ0v) is 13.7. The predicted molar refractivity (Wildman–Crippen MR) is 96.6 cm³/mol. The minimum atomic E-state index is -0.0337. The van der Waals surface area contributed by atoms with Crippen LogP contribution in [0.4, 0.5) is 0 Å². The smallest absolute Gasteiger partial charge is 0.186 e. The molecule has 0 spiro atoms. The van der Waals surface area contributed by atoms with Gasteiger partial charge in [0.05, 0.1) is 11.4 Å². The fourth-order valence-electron chi connectivity index (χ4n) is 2.49. The van der Waals surface area contributed by atoms with Gasteiger partial charge >= 0.3 is 0 Å². The topological polar surface area (TPSA) is 42.9 Å². The lowest BCUT2D eigenvalue weighted by atomic mass is 10.0. The number of pyridine rings is 2. The van der Waals surface area contributed by atoms with Gasteiger partial charge in [0.15, 0.2) is 5.78 Å². The zero-order valence-electron chi connectivity index (χ0n) is 13.7. The Hall–Kier alpha value is -3.07. The molecule has 1 aromatic carbocycles. The minimum absolute atomic E-state index is 0.0337. The molecule has 118 valence electrons. The van der Waals surface area contributed by atoms with E-state index in [-0.39, 0.29) is 5.78 Å². The van der Waals surface area contributed by atoms with E-state index in [4.69, 9.17) is 0 Å². The molecule has 0 aliphatic carbocycles. The number of nitrogens with zero attached hydrogens (tertiary/aromatic N) is 2. The number of ketones is 1. The molecule has 3 nitrogen and oxygen atoms in total. The molecule has 0 radical (unpaired) electrons. The lowest BCUT2D eigenvalue weighted by Crippen LogP contribution is -1.98. The van der Waals surface area contributed by atoms with Crippen LogP contribution < -0.4 is 0 Å². The summed E-state index contributed by atoms with van der Waals surface area (Å²) in [7, 11) is 0. The molecule has 0 atom stereocenters. The summed E-state index contributed by atoms with van der Waals surface area (Å²) in [5.74, 6) is -0.0337. The molecule has 0 saturated carbocycles. The van der Waals surface area contributed by atoms with Gasteiger partial charge in [-0.05, 0) is 55.3 Å². The second-order valence-electron chi connectivity index (χ2n) is 5.71. The van der Waals surface area contributed by atoms with Crippen LogP contribution in [-0.4, -0.2) is 15.8 Å². The summed E-state index contributed by atoms with van der Waals surface area (Å²) in [6.07, 6.45) is 5.03. The first-order chi connectivity index (χ1) is 11.6. The van der Waals surface area contributed by atoms with Crippen LogP contribution >= 0.6 is 0 Å². The Kier molecular flexibility index (Phi) is 4.62. The first-order valence-corrected chi connectivity index (χ1v) is 7.80. The summed E-state index contributed by atoms with van der Waals surface area (Å²) in [6, 6.07) is 17.3. The maximum Gasteiger partial charge on any atom is 0.186 e. The Morgan fingerprint density at radius 3 is 2.46 bits per heavy atom. The first-order valence-electron chi connectivity index (χ1n) is 7.80. The quantitative estimate of drug-likeness (QED) is 0.516. The highest BCUT2D eigenvalue weighted by molar-refractivity contribution is 6.08. The summed E-state index contributed by atoms with van der Waals surface area (Å²) in [6.45, 7) is 3.99. The van der Waals surface area contributed by atoms with E-state index < -0.39 is 0 Å². The number of carbonyl (C=O) groups excluding carboxylic acids is 1. The van der Waals surface area contributed by atoms with E-state index >= 15 is 0 Å². The Morgan fingerprint density at radius 1 is 0.875 bits per heavy atom. The van der Waals surface area contributed by atoms with Gasteiger partial charge in [-0.25, -0.2) is 0 Å². The summed E-state index contributed by atoms with van der Waals surface area (Å²) in [4.78, 5) is 21.2. The molecule has 24 heavy (non-hydrogen) atoms. The van der Waals surface area contributed by atoms with E-state index in [1.807, 2.05) is 50.2 Å². The van der Waals surface area contributed by atoms with Crippen molar-refractivity contribution in [1.82, 2.24) is 9.97 Å². The van der Waals surface area contributed by atoms with Gasteiger partial charge in [0, 0.05) is 18.0 Å². The Labute approximate surface area is 141 Å². The van der Waals surface area contributed by atoms with E-state index in [2.05, 4.69) is 16.0 Å². The van der Waals surface area contributed by atoms with Crippen LogP contribution in [0.1, 0.15) is 28.4 Å². The highest BCUT2D eigenvalue weighted by atomic mass is 16.1. The van der Waals surface area contributed by atoms with Gasteiger partial charge in [-0.1, -0.05) is 35.9 Å². The number of hydrogen-bond donors (Lipinski definition) is 0. The largest absolute Gasteiger partial charge is 0.289 e. The van der Waals surface area contributed by atoms with Crippen LogP contribution in [0.3, 0.4) is 0 Å². The molecular weight excluding hydrogens is 296 g/mol. The zero-order chi connectivity index (χ0) is 16.9. The molecule has 2 aromatic heterocycles. The van der Waals surface area contributed by atoms with Gasteiger partial charge in [0.25, 0.3) is 0 Å². The van der Waals surface area contributed by atoms with Gasteiger partial charge in [0.2, 0.25) is 0 Å². The number of allylic oxidation sites excluding steroid dienone is 2. The molecule has 2 heterocycles. The standard InChI is InChI=1S/C21H18N2O/c1-15-6-5-7-17(12-15)16(2)13-21(24)18-9-11-23-20(14-18)19-8-3-4-10-22-19/h3-14H,1-2H3/b16-13-. The summed E-state index contributed by atoms with van der Waals surface area (Å²) >= 11 is 0. The number of carbonyl (C=O) groups is 1. The van der Waals surface area contributed by atoms with Crippen molar-refractivity contribution in [3.05, 3.63) is 89.8 Å². The number of benzene rings is 1. The van der Waals surface area contributed by atoms with Crippen molar-refractivity contribution in [3.8, 4) is 11.4 Å². The molecule has 0 fully saturated rings. The lowest BCUT2D eigenvalue weighted by molar-refractivity contribution is 0.104. The molecule has 0 aliphatic rings. The normalized spacial score (nSPS) is 11.3.